The average Bonchev–Trinajstić information content (AvgIpc) is 3.06. The largest absolute Gasteiger partial charge is 0.489 e. The summed E-state index contributed by atoms with van der Waals surface area (Å²) in [6.45, 7) is 4.95. The van der Waals surface area contributed by atoms with Crippen LogP contribution >= 0.6 is 10.9 Å². The molecule has 1 heterocycles. The highest BCUT2D eigenvalue weighted by molar-refractivity contribution is 8.17. The molecule has 4 aromatic rings. The third-order valence-electron chi connectivity index (χ3n) is 5.42. The normalized spacial score (nSPS) is 13.1. The van der Waals surface area contributed by atoms with Crippen molar-refractivity contribution >= 4 is 10.9 Å². The average molecular weight is 397 g/mol. The molecule has 0 aliphatic carbocycles. The highest BCUT2D eigenvalue weighted by Crippen LogP contribution is 2.62. The van der Waals surface area contributed by atoms with Gasteiger partial charge in [-0.15, -0.1) is 0 Å². The monoisotopic (exact) mass is 396 g/mol. The Kier molecular flexibility index (Phi) is 4.65. The van der Waals surface area contributed by atoms with Crippen LogP contribution in [-0.2, 0) is 6.61 Å². The summed E-state index contributed by atoms with van der Waals surface area (Å²) < 4.78 is 5.99. The molecule has 2 heteroatoms. The first-order valence-corrected chi connectivity index (χ1v) is 11.3. The Balaban J connectivity index is 1.46. The molecule has 0 atom stereocenters. The Morgan fingerprint density at radius 2 is 1.24 bits per heavy atom. The Morgan fingerprint density at radius 3 is 1.83 bits per heavy atom. The maximum absolute atomic E-state index is 5.99. The zero-order valence-corrected chi connectivity index (χ0v) is 17.6. The highest BCUT2D eigenvalue weighted by Gasteiger charge is 2.27. The van der Waals surface area contributed by atoms with Crippen LogP contribution in [0.15, 0.2) is 106 Å². The second-order valence-corrected chi connectivity index (χ2v) is 9.80. The summed E-state index contributed by atoms with van der Waals surface area (Å²) in [6.07, 6.45) is 0. The van der Waals surface area contributed by atoms with Gasteiger partial charge in [-0.25, -0.2) is 0 Å². The first-order valence-electron chi connectivity index (χ1n) is 9.98. The minimum absolute atomic E-state index is 0.518. The summed E-state index contributed by atoms with van der Waals surface area (Å²) in [4.78, 5) is 4.30. The van der Waals surface area contributed by atoms with E-state index in [0.717, 1.165) is 5.75 Å². The smallest absolute Gasteiger partial charge is 0.119 e. The maximum Gasteiger partial charge on any atom is 0.119 e. The second-order valence-electron chi connectivity index (χ2n) is 7.64. The molecule has 29 heavy (non-hydrogen) atoms. The minimum atomic E-state index is -0.518. The lowest BCUT2D eigenvalue weighted by atomic mass is 10.0. The van der Waals surface area contributed by atoms with Gasteiger partial charge >= 0.3 is 0 Å². The molecule has 0 bridgehead atoms. The molecule has 1 aliphatic heterocycles. The van der Waals surface area contributed by atoms with E-state index < -0.39 is 10.9 Å². The number of hydrogen-bond acceptors (Lipinski definition) is 1. The third-order valence-corrected chi connectivity index (χ3v) is 7.98. The number of aryl methyl sites for hydroxylation is 2. The van der Waals surface area contributed by atoms with Crippen molar-refractivity contribution in [2.24, 2.45) is 0 Å². The molecule has 0 unspecified atom stereocenters. The van der Waals surface area contributed by atoms with Gasteiger partial charge in [0.15, 0.2) is 0 Å². The molecular weight excluding hydrogens is 372 g/mol. The number of rotatable bonds is 4. The van der Waals surface area contributed by atoms with Gasteiger partial charge in [-0.05, 0) is 71.8 Å². The topological polar surface area (TPSA) is 9.23 Å². The lowest BCUT2D eigenvalue weighted by Crippen LogP contribution is -1.94. The molecule has 1 nitrogen and oxygen atoms in total. The van der Waals surface area contributed by atoms with Gasteiger partial charge in [-0.1, -0.05) is 65.7 Å². The summed E-state index contributed by atoms with van der Waals surface area (Å²) in [5.41, 5.74) is 6.62. The summed E-state index contributed by atoms with van der Waals surface area (Å²) >= 11 is 0. The SMILES string of the molecule is Cc1ccc2c(c1)-c1cc(C)ccc1[SH]2c1ccc(OCc2ccccc2)cc1. The van der Waals surface area contributed by atoms with E-state index in [0.29, 0.717) is 6.61 Å². The Bertz CT molecular complexity index is 1110. The zero-order valence-electron chi connectivity index (χ0n) is 16.7. The fourth-order valence-electron chi connectivity index (χ4n) is 3.96. The zero-order chi connectivity index (χ0) is 19.8. The maximum atomic E-state index is 5.99. The van der Waals surface area contributed by atoms with Crippen molar-refractivity contribution in [2.75, 3.05) is 0 Å². The lowest BCUT2D eigenvalue weighted by molar-refractivity contribution is 0.306. The third kappa shape index (κ3) is 3.45. The van der Waals surface area contributed by atoms with Crippen LogP contribution in [0.4, 0.5) is 0 Å². The molecule has 0 amide bonds. The summed E-state index contributed by atoms with van der Waals surface area (Å²) in [6, 6.07) is 32.8. The van der Waals surface area contributed by atoms with Gasteiger partial charge in [0.05, 0.1) is 0 Å². The van der Waals surface area contributed by atoms with Crippen molar-refractivity contribution in [3.63, 3.8) is 0 Å². The summed E-state index contributed by atoms with van der Waals surface area (Å²) in [5.74, 6) is 0.917. The van der Waals surface area contributed by atoms with Crippen molar-refractivity contribution in [1.29, 1.82) is 0 Å². The number of hydrogen-bond donors (Lipinski definition) is 1. The van der Waals surface area contributed by atoms with Crippen molar-refractivity contribution in [1.82, 2.24) is 0 Å². The molecule has 4 aromatic carbocycles. The van der Waals surface area contributed by atoms with Crippen molar-refractivity contribution in [3.05, 3.63) is 108 Å². The molecule has 0 aromatic heterocycles. The fourth-order valence-corrected chi connectivity index (χ4v) is 6.52. The summed E-state index contributed by atoms with van der Waals surface area (Å²) in [7, 11) is -0.518. The van der Waals surface area contributed by atoms with Crippen molar-refractivity contribution < 1.29 is 4.74 Å². The molecule has 5 rings (SSSR count). The van der Waals surface area contributed by atoms with Gasteiger partial charge in [0.2, 0.25) is 0 Å². The minimum Gasteiger partial charge on any atom is -0.489 e. The van der Waals surface area contributed by atoms with Crippen molar-refractivity contribution in [3.8, 4) is 16.9 Å². The van der Waals surface area contributed by atoms with Gasteiger partial charge in [0.1, 0.15) is 12.4 Å². The number of thiol groups is 1. The van der Waals surface area contributed by atoms with E-state index in [1.165, 1.54) is 42.5 Å². The predicted octanol–water partition coefficient (Wildman–Crippen LogP) is 7.34. The number of benzene rings is 4. The van der Waals surface area contributed by atoms with Crippen LogP contribution in [0.3, 0.4) is 0 Å². The highest BCUT2D eigenvalue weighted by atomic mass is 32.2. The lowest BCUT2D eigenvalue weighted by Gasteiger charge is -2.19. The van der Waals surface area contributed by atoms with Crippen molar-refractivity contribution in [2.45, 2.75) is 35.1 Å². The Hall–Kier alpha value is -2.97. The van der Waals surface area contributed by atoms with E-state index in [1.807, 2.05) is 18.2 Å². The predicted molar refractivity (Wildman–Crippen MR) is 122 cm³/mol. The molecule has 0 saturated carbocycles. The van der Waals surface area contributed by atoms with Crippen LogP contribution in [0, 0.1) is 13.8 Å². The van der Waals surface area contributed by atoms with E-state index in [1.54, 1.807) is 0 Å². The molecule has 0 spiro atoms. The van der Waals surface area contributed by atoms with Gasteiger partial charge in [0.25, 0.3) is 0 Å². The molecule has 0 fully saturated rings. The molecule has 144 valence electrons. The standard InChI is InChI=1S/C27H24OS/c1-19-8-14-26-24(16-19)25-17-20(2)9-15-27(25)29(26)23-12-10-22(11-13-23)28-18-21-6-4-3-5-7-21/h3-17,29H,18H2,1-2H3. The molecule has 0 radical (unpaired) electrons. The quantitative estimate of drug-likeness (QED) is 0.313. The van der Waals surface area contributed by atoms with Gasteiger partial charge in [-0.3, -0.25) is 0 Å². The fraction of sp³-hybridized carbons (Fsp3) is 0.111. The van der Waals surface area contributed by atoms with Gasteiger partial charge < -0.3 is 4.74 Å². The first kappa shape index (κ1) is 18.1. The first-order chi connectivity index (χ1) is 14.2. The second kappa shape index (κ2) is 7.46. The van der Waals surface area contributed by atoms with Crippen LogP contribution in [-0.4, -0.2) is 0 Å². The van der Waals surface area contributed by atoms with E-state index >= 15 is 0 Å². The molecule has 0 saturated heterocycles. The van der Waals surface area contributed by atoms with E-state index in [9.17, 15) is 0 Å². The van der Waals surface area contributed by atoms with E-state index in [-0.39, 0.29) is 0 Å². The van der Waals surface area contributed by atoms with Crippen LogP contribution in [0.5, 0.6) is 5.75 Å². The van der Waals surface area contributed by atoms with Crippen LogP contribution in [0.1, 0.15) is 16.7 Å². The van der Waals surface area contributed by atoms with E-state index in [4.69, 9.17) is 4.74 Å². The molecule has 1 aliphatic rings. The summed E-state index contributed by atoms with van der Waals surface area (Å²) in [5, 5.41) is 0. The van der Waals surface area contributed by atoms with Crippen LogP contribution < -0.4 is 4.74 Å². The van der Waals surface area contributed by atoms with E-state index in [2.05, 4.69) is 86.6 Å². The van der Waals surface area contributed by atoms with Crippen LogP contribution in [0.25, 0.3) is 11.1 Å². The van der Waals surface area contributed by atoms with Gasteiger partial charge in [-0.2, -0.15) is 10.9 Å². The number of ether oxygens (including phenoxy) is 1. The Morgan fingerprint density at radius 1 is 0.655 bits per heavy atom. The van der Waals surface area contributed by atoms with Gasteiger partial charge in [0, 0.05) is 9.79 Å². The molecule has 0 N–H and O–H groups in total. The van der Waals surface area contributed by atoms with Crippen LogP contribution in [0.2, 0.25) is 0 Å². The Labute approximate surface area is 175 Å². The number of fused-ring (bicyclic) bond motifs is 3. The molecular formula is C27H24OS.